The number of hydrogen-bond donors (Lipinski definition) is 2. The fraction of sp³-hybridized carbons (Fsp3) is 0.286. The standard InChI is InChI=1S/C21H25FN6O/c1-3-23-21(25-14-20-26-15-27-28(20)2)24-12-11-16-9-10-19(18(22)13-16)29-17-7-5-4-6-8-17/h4-10,13,15H,3,11-12,14H2,1-2H3,(H2,23,24,25). The Labute approximate surface area is 169 Å². The molecule has 0 spiro atoms. The van der Waals surface area contributed by atoms with Crippen LogP contribution in [-0.4, -0.2) is 33.8 Å². The van der Waals surface area contributed by atoms with Gasteiger partial charge >= 0.3 is 0 Å². The molecule has 8 heteroatoms. The van der Waals surface area contributed by atoms with Crippen molar-refractivity contribution in [1.29, 1.82) is 0 Å². The summed E-state index contributed by atoms with van der Waals surface area (Å²) in [6.07, 6.45) is 2.15. The summed E-state index contributed by atoms with van der Waals surface area (Å²) in [5.41, 5.74) is 0.875. The maximum absolute atomic E-state index is 14.4. The van der Waals surface area contributed by atoms with E-state index in [2.05, 4.69) is 25.7 Å². The van der Waals surface area contributed by atoms with Crippen molar-refractivity contribution < 1.29 is 9.13 Å². The highest BCUT2D eigenvalue weighted by Crippen LogP contribution is 2.24. The predicted octanol–water partition coefficient (Wildman–Crippen LogP) is 3.04. The molecular formula is C21H25FN6O. The first kappa shape index (κ1) is 20.3. The van der Waals surface area contributed by atoms with Crippen molar-refractivity contribution in [3.63, 3.8) is 0 Å². The van der Waals surface area contributed by atoms with E-state index in [1.807, 2.05) is 38.2 Å². The number of aryl methyl sites for hydroxylation is 1. The Hall–Kier alpha value is -3.42. The molecule has 0 saturated heterocycles. The van der Waals surface area contributed by atoms with Gasteiger partial charge < -0.3 is 15.4 Å². The molecule has 0 aliphatic heterocycles. The summed E-state index contributed by atoms with van der Waals surface area (Å²) >= 11 is 0. The third-order valence-corrected chi connectivity index (χ3v) is 4.20. The number of guanidine groups is 1. The Bertz CT molecular complexity index is 941. The van der Waals surface area contributed by atoms with E-state index < -0.39 is 0 Å². The Morgan fingerprint density at radius 2 is 2.00 bits per heavy atom. The minimum absolute atomic E-state index is 0.214. The van der Waals surface area contributed by atoms with Crippen LogP contribution in [0.2, 0.25) is 0 Å². The van der Waals surface area contributed by atoms with Gasteiger partial charge in [0.05, 0.1) is 0 Å². The number of aliphatic imine (C=N–C) groups is 1. The molecule has 152 valence electrons. The summed E-state index contributed by atoms with van der Waals surface area (Å²) in [6.45, 7) is 3.78. The Morgan fingerprint density at radius 1 is 1.17 bits per heavy atom. The van der Waals surface area contributed by atoms with Crippen LogP contribution in [0.15, 0.2) is 59.9 Å². The minimum atomic E-state index is -0.380. The number of para-hydroxylation sites is 1. The van der Waals surface area contributed by atoms with Crippen LogP contribution in [0.3, 0.4) is 0 Å². The average molecular weight is 396 g/mol. The first-order valence-corrected chi connectivity index (χ1v) is 9.52. The van der Waals surface area contributed by atoms with Crippen LogP contribution in [0.4, 0.5) is 4.39 Å². The van der Waals surface area contributed by atoms with E-state index in [0.717, 1.165) is 17.9 Å². The molecule has 0 aliphatic carbocycles. The SMILES string of the molecule is CCNC(=NCc1ncnn1C)NCCc1ccc(Oc2ccccc2)c(F)c1. The Kier molecular flexibility index (Phi) is 7.16. The Morgan fingerprint density at radius 3 is 2.69 bits per heavy atom. The number of nitrogens with zero attached hydrogens (tertiary/aromatic N) is 4. The summed E-state index contributed by atoms with van der Waals surface area (Å²) in [6, 6.07) is 14.2. The molecule has 0 unspecified atom stereocenters. The van der Waals surface area contributed by atoms with Gasteiger partial charge in [0.15, 0.2) is 17.5 Å². The monoisotopic (exact) mass is 396 g/mol. The zero-order valence-corrected chi connectivity index (χ0v) is 16.6. The molecule has 0 saturated carbocycles. The van der Waals surface area contributed by atoms with Crippen LogP contribution in [0.5, 0.6) is 11.5 Å². The second-order valence-electron chi connectivity index (χ2n) is 6.35. The number of nitrogens with one attached hydrogen (secondary N) is 2. The molecule has 0 bridgehead atoms. The quantitative estimate of drug-likeness (QED) is 0.452. The summed E-state index contributed by atoms with van der Waals surface area (Å²) in [5.74, 6) is 1.90. The maximum atomic E-state index is 14.4. The van der Waals surface area contributed by atoms with Gasteiger partial charge in [0, 0.05) is 20.1 Å². The van der Waals surface area contributed by atoms with Gasteiger partial charge in [-0.05, 0) is 43.2 Å². The predicted molar refractivity (Wildman–Crippen MR) is 110 cm³/mol. The second-order valence-corrected chi connectivity index (χ2v) is 6.35. The van der Waals surface area contributed by atoms with Crippen molar-refractivity contribution in [1.82, 2.24) is 25.4 Å². The molecular weight excluding hydrogens is 371 g/mol. The highest BCUT2D eigenvalue weighted by Gasteiger charge is 2.07. The zero-order valence-electron chi connectivity index (χ0n) is 16.6. The first-order valence-electron chi connectivity index (χ1n) is 9.52. The van der Waals surface area contributed by atoms with Gasteiger partial charge in [-0.2, -0.15) is 5.10 Å². The lowest BCUT2D eigenvalue weighted by molar-refractivity contribution is 0.441. The molecule has 2 aromatic carbocycles. The van der Waals surface area contributed by atoms with Gasteiger partial charge in [0.25, 0.3) is 0 Å². The topological polar surface area (TPSA) is 76.4 Å². The third kappa shape index (κ3) is 6.03. The summed E-state index contributed by atoms with van der Waals surface area (Å²) < 4.78 is 21.6. The summed E-state index contributed by atoms with van der Waals surface area (Å²) in [5, 5.41) is 10.5. The van der Waals surface area contributed by atoms with Crippen LogP contribution in [0.25, 0.3) is 0 Å². The number of ether oxygens (including phenoxy) is 1. The molecule has 0 radical (unpaired) electrons. The third-order valence-electron chi connectivity index (χ3n) is 4.20. The number of aromatic nitrogens is 3. The van der Waals surface area contributed by atoms with E-state index in [9.17, 15) is 4.39 Å². The van der Waals surface area contributed by atoms with Crippen LogP contribution in [0.1, 0.15) is 18.3 Å². The number of hydrogen-bond acceptors (Lipinski definition) is 4. The summed E-state index contributed by atoms with van der Waals surface area (Å²) in [7, 11) is 1.83. The number of benzene rings is 2. The van der Waals surface area contributed by atoms with E-state index in [-0.39, 0.29) is 11.6 Å². The maximum Gasteiger partial charge on any atom is 0.191 e. The average Bonchev–Trinajstić information content (AvgIpc) is 3.14. The normalized spacial score (nSPS) is 11.3. The number of rotatable bonds is 8. The lowest BCUT2D eigenvalue weighted by Crippen LogP contribution is -2.38. The molecule has 3 rings (SSSR count). The molecule has 3 aromatic rings. The second kappa shape index (κ2) is 10.2. The lowest BCUT2D eigenvalue weighted by atomic mass is 10.1. The molecule has 0 amide bonds. The van der Waals surface area contributed by atoms with Crippen LogP contribution < -0.4 is 15.4 Å². The highest BCUT2D eigenvalue weighted by atomic mass is 19.1. The molecule has 0 fully saturated rings. The van der Waals surface area contributed by atoms with Gasteiger partial charge in [-0.25, -0.2) is 14.4 Å². The highest BCUT2D eigenvalue weighted by molar-refractivity contribution is 5.79. The van der Waals surface area contributed by atoms with Crippen LogP contribution >= 0.6 is 0 Å². The lowest BCUT2D eigenvalue weighted by Gasteiger charge is -2.12. The fourth-order valence-corrected chi connectivity index (χ4v) is 2.68. The smallest absolute Gasteiger partial charge is 0.191 e. The van der Waals surface area contributed by atoms with Crippen molar-refractivity contribution in [2.75, 3.05) is 13.1 Å². The molecule has 0 aliphatic rings. The molecule has 7 nitrogen and oxygen atoms in total. The van der Waals surface area contributed by atoms with Gasteiger partial charge in [-0.1, -0.05) is 24.3 Å². The molecule has 29 heavy (non-hydrogen) atoms. The molecule has 1 aromatic heterocycles. The molecule has 2 N–H and O–H groups in total. The van der Waals surface area contributed by atoms with E-state index in [1.54, 1.807) is 22.9 Å². The van der Waals surface area contributed by atoms with Crippen LogP contribution in [0, 0.1) is 5.82 Å². The van der Waals surface area contributed by atoms with Gasteiger partial charge in [-0.15, -0.1) is 0 Å². The van der Waals surface area contributed by atoms with E-state index >= 15 is 0 Å². The van der Waals surface area contributed by atoms with E-state index in [0.29, 0.717) is 31.2 Å². The van der Waals surface area contributed by atoms with Crippen molar-refractivity contribution >= 4 is 5.96 Å². The largest absolute Gasteiger partial charge is 0.454 e. The fourth-order valence-electron chi connectivity index (χ4n) is 2.68. The minimum Gasteiger partial charge on any atom is -0.454 e. The van der Waals surface area contributed by atoms with Gasteiger partial charge in [-0.3, -0.25) is 4.68 Å². The number of halogens is 1. The zero-order chi connectivity index (χ0) is 20.5. The first-order chi connectivity index (χ1) is 14.2. The van der Waals surface area contributed by atoms with E-state index in [1.165, 1.54) is 12.4 Å². The molecule has 0 atom stereocenters. The van der Waals surface area contributed by atoms with Gasteiger partial charge in [0.2, 0.25) is 0 Å². The van der Waals surface area contributed by atoms with Crippen molar-refractivity contribution in [3.05, 3.63) is 72.1 Å². The summed E-state index contributed by atoms with van der Waals surface area (Å²) in [4.78, 5) is 8.66. The van der Waals surface area contributed by atoms with Crippen LogP contribution in [-0.2, 0) is 20.0 Å². The van der Waals surface area contributed by atoms with Crippen molar-refractivity contribution in [2.24, 2.45) is 12.0 Å². The Balaban J connectivity index is 1.54. The molecule has 1 heterocycles. The van der Waals surface area contributed by atoms with Gasteiger partial charge in [0.1, 0.15) is 24.4 Å². The van der Waals surface area contributed by atoms with E-state index in [4.69, 9.17) is 4.74 Å². The van der Waals surface area contributed by atoms with Crippen molar-refractivity contribution in [3.8, 4) is 11.5 Å². The van der Waals surface area contributed by atoms with Crippen molar-refractivity contribution in [2.45, 2.75) is 19.9 Å².